The summed E-state index contributed by atoms with van der Waals surface area (Å²) in [6.45, 7) is 2.24. The lowest BCUT2D eigenvalue weighted by atomic mass is 10.0. The quantitative estimate of drug-likeness (QED) is 0.748. The van der Waals surface area contributed by atoms with Crippen molar-refractivity contribution in [2.45, 2.75) is 38.3 Å². The molecule has 0 saturated carbocycles. The van der Waals surface area contributed by atoms with Crippen LogP contribution in [0.15, 0.2) is 29.7 Å². The molecule has 0 amide bonds. The van der Waals surface area contributed by atoms with Crippen LogP contribution in [0, 0.1) is 0 Å². The van der Waals surface area contributed by atoms with Crippen LogP contribution >= 0.6 is 11.3 Å². The van der Waals surface area contributed by atoms with Gasteiger partial charge >= 0.3 is 0 Å². The van der Waals surface area contributed by atoms with Crippen molar-refractivity contribution in [3.63, 3.8) is 0 Å². The summed E-state index contributed by atoms with van der Waals surface area (Å²) in [5.74, 6) is 0. The molecule has 0 saturated heterocycles. The monoisotopic (exact) mass is 207 g/mol. The number of hydrogen-bond acceptors (Lipinski definition) is 2. The molecule has 2 rings (SSSR count). The van der Waals surface area contributed by atoms with E-state index in [1.165, 1.54) is 24.1 Å². The van der Waals surface area contributed by atoms with Crippen molar-refractivity contribution >= 4 is 11.3 Å². The molecule has 1 aliphatic rings. The van der Waals surface area contributed by atoms with Gasteiger partial charge in [0.15, 0.2) is 0 Å². The second-order valence-corrected chi connectivity index (χ2v) is 4.85. The highest BCUT2D eigenvalue weighted by atomic mass is 32.1. The molecule has 1 unspecified atom stereocenters. The number of thiophene rings is 1. The molecule has 0 bridgehead atoms. The second kappa shape index (κ2) is 4.76. The Hall–Kier alpha value is -0.600. The summed E-state index contributed by atoms with van der Waals surface area (Å²) in [6, 6.07) is 5.40. The Morgan fingerprint density at radius 3 is 3.14 bits per heavy atom. The molecule has 1 aromatic heterocycles. The van der Waals surface area contributed by atoms with Crippen molar-refractivity contribution in [1.29, 1.82) is 0 Å². The molecule has 0 fully saturated rings. The molecule has 0 aliphatic heterocycles. The fraction of sp³-hybridized carbons (Fsp3) is 0.500. The van der Waals surface area contributed by atoms with Gasteiger partial charge in [0.1, 0.15) is 0 Å². The topological polar surface area (TPSA) is 12.0 Å². The molecule has 1 nitrogen and oxygen atoms in total. The summed E-state index contributed by atoms with van der Waals surface area (Å²) in [6.07, 6.45) is 8.47. The average molecular weight is 207 g/mol. The van der Waals surface area contributed by atoms with E-state index in [2.05, 4.69) is 41.9 Å². The highest BCUT2D eigenvalue weighted by molar-refractivity contribution is 7.10. The Labute approximate surface area is 89.8 Å². The van der Waals surface area contributed by atoms with Crippen molar-refractivity contribution in [2.75, 3.05) is 0 Å². The van der Waals surface area contributed by atoms with Crippen LogP contribution in [-0.2, 0) is 0 Å². The molecule has 0 radical (unpaired) electrons. The van der Waals surface area contributed by atoms with E-state index in [4.69, 9.17) is 0 Å². The maximum atomic E-state index is 3.64. The van der Waals surface area contributed by atoms with Crippen LogP contribution in [0.1, 0.15) is 37.1 Å². The van der Waals surface area contributed by atoms with Crippen LogP contribution in [0.5, 0.6) is 0 Å². The summed E-state index contributed by atoms with van der Waals surface area (Å²) in [5.41, 5.74) is 0. The lowest BCUT2D eigenvalue weighted by molar-refractivity contribution is 0.471. The first-order valence-corrected chi connectivity index (χ1v) is 6.20. The van der Waals surface area contributed by atoms with Crippen molar-refractivity contribution < 1.29 is 0 Å². The van der Waals surface area contributed by atoms with Gasteiger partial charge in [-0.2, -0.15) is 0 Å². The molecule has 76 valence electrons. The first-order valence-electron chi connectivity index (χ1n) is 5.32. The van der Waals surface area contributed by atoms with E-state index in [1.54, 1.807) is 0 Å². The van der Waals surface area contributed by atoms with Gasteiger partial charge in [0.25, 0.3) is 0 Å². The molecule has 0 aromatic carbocycles. The van der Waals surface area contributed by atoms with E-state index >= 15 is 0 Å². The first kappa shape index (κ1) is 9.94. The van der Waals surface area contributed by atoms with E-state index < -0.39 is 0 Å². The minimum absolute atomic E-state index is 0.489. The molecule has 1 aromatic rings. The zero-order chi connectivity index (χ0) is 9.80. The molecule has 1 heterocycles. The Morgan fingerprint density at radius 2 is 2.50 bits per heavy atom. The molecule has 0 spiro atoms. The van der Waals surface area contributed by atoms with Gasteiger partial charge in [-0.25, -0.2) is 0 Å². The van der Waals surface area contributed by atoms with Crippen LogP contribution in [0.2, 0.25) is 0 Å². The number of nitrogens with one attached hydrogen (secondary N) is 1. The molecular formula is C12H17NS. The van der Waals surface area contributed by atoms with Crippen LogP contribution < -0.4 is 5.32 Å². The lowest BCUT2D eigenvalue weighted by Crippen LogP contribution is -2.30. The molecule has 2 atom stereocenters. The van der Waals surface area contributed by atoms with Gasteiger partial charge in [0.2, 0.25) is 0 Å². The minimum Gasteiger partial charge on any atom is -0.303 e. The van der Waals surface area contributed by atoms with Crippen LogP contribution in [-0.4, -0.2) is 6.04 Å². The Morgan fingerprint density at radius 1 is 1.57 bits per heavy atom. The van der Waals surface area contributed by atoms with Crippen LogP contribution in [0.25, 0.3) is 0 Å². The predicted molar refractivity (Wildman–Crippen MR) is 62.6 cm³/mol. The van der Waals surface area contributed by atoms with Gasteiger partial charge in [0, 0.05) is 17.0 Å². The first-order chi connectivity index (χ1) is 6.86. The third kappa shape index (κ3) is 2.46. The highest BCUT2D eigenvalue weighted by Gasteiger charge is 2.12. The van der Waals surface area contributed by atoms with Crippen molar-refractivity contribution in [1.82, 2.24) is 5.32 Å². The van der Waals surface area contributed by atoms with Gasteiger partial charge in [-0.15, -0.1) is 11.3 Å². The Kier molecular flexibility index (Phi) is 3.38. The highest BCUT2D eigenvalue weighted by Crippen LogP contribution is 2.20. The summed E-state index contributed by atoms with van der Waals surface area (Å²) < 4.78 is 0. The third-order valence-electron chi connectivity index (χ3n) is 2.69. The molecule has 14 heavy (non-hydrogen) atoms. The number of hydrogen-bond donors (Lipinski definition) is 1. The molecular weight excluding hydrogens is 190 g/mol. The Bertz CT molecular complexity index is 289. The van der Waals surface area contributed by atoms with E-state index in [-0.39, 0.29) is 0 Å². The largest absolute Gasteiger partial charge is 0.303 e. The number of allylic oxidation sites excluding steroid dienone is 1. The fourth-order valence-electron chi connectivity index (χ4n) is 1.89. The van der Waals surface area contributed by atoms with Gasteiger partial charge in [0.05, 0.1) is 0 Å². The van der Waals surface area contributed by atoms with Crippen molar-refractivity contribution in [3.8, 4) is 0 Å². The summed E-state index contributed by atoms with van der Waals surface area (Å²) >= 11 is 1.83. The summed E-state index contributed by atoms with van der Waals surface area (Å²) in [5, 5.41) is 5.79. The van der Waals surface area contributed by atoms with E-state index in [1.807, 2.05) is 11.3 Å². The minimum atomic E-state index is 0.489. The predicted octanol–water partition coefficient (Wildman–Crippen LogP) is 3.51. The SMILES string of the molecule is C[C@H](NC1C=CCCC1)c1cccs1. The second-order valence-electron chi connectivity index (χ2n) is 3.87. The third-order valence-corrected chi connectivity index (χ3v) is 3.74. The normalized spacial score (nSPS) is 23.6. The van der Waals surface area contributed by atoms with Gasteiger partial charge in [-0.1, -0.05) is 18.2 Å². The van der Waals surface area contributed by atoms with Gasteiger partial charge < -0.3 is 5.32 Å². The van der Waals surface area contributed by atoms with Crippen LogP contribution in [0.3, 0.4) is 0 Å². The van der Waals surface area contributed by atoms with Gasteiger partial charge in [-0.05, 0) is 37.6 Å². The molecule has 1 N–H and O–H groups in total. The number of rotatable bonds is 3. The molecule has 2 heteroatoms. The lowest BCUT2D eigenvalue weighted by Gasteiger charge is -2.22. The zero-order valence-corrected chi connectivity index (χ0v) is 9.39. The van der Waals surface area contributed by atoms with Crippen molar-refractivity contribution in [2.24, 2.45) is 0 Å². The zero-order valence-electron chi connectivity index (χ0n) is 8.57. The maximum Gasteiger partial charge on any atom is 0.0390 e. The maximum absolute atomic E-state index is 3.64. The van der Waals surface area contributed by atoms with E-state index in [9.17, 15) is 0 Å². The van der Waals surface area contributed by atoms with E-state index in [0.717, 1.165) is 0 Å². The standard InChI is InChI=1S/C12H17NS/c1-10(12-8-5-9-14-12)13-11-6-3-2-4-7-11/h3,5-6,8-11,13H,2,4,7H2,1H3/t10-,11?/m0/s1. The fourth-order valence-corrected chi connectivity index (χ4v) is 2.64. The average Bonchev–Trinajstić information content (AvgIpc) is 2.72. The smallest absolute Gasteiger partial charge is 0.0390 e. The molecule has 1 aliphatic carbocycles. The van der Waals surface area contributed by atoms with Crippen molar-refractivity contribution in [3.05, 3.63) is 34.5 Å². The summed E-state index contributed by atoms with van der Waals surface area (Å²) in [4.78, 5) is 1.43. The van der Waals surface area contributed by atoms with E-state index in [0.29, 0.717) is 12.1 Å². The van der Waals surface area contributed by atoms with Gasteiger partial charge in [-0.3, -0.25) is 0 Å². The Balaban J connectivity index is 1.91. The van der Waals surface area contributed by atoms with Crippen LogP contribution in [0.4, 0.5) is 0 Å². The summed E-state index contributed by atoms with van der Waals surface area (Å²) in [7, 11) is 0.